The van der Waals surface area contributed by atoms with Crippen LogP contribution in [0.4, 0.5) is 0 Å². The third-order valence-corrected chi connectivity index (χ3v) is 6.15. The standard InChI is InChI=1S/C23H29N3O4/c1-17-15-20(30-25-17)21(27)26-13-6-11-23(16-26)10-5-4-8-18-7-2-3-9-19(18)29-14-12-24-22(23)28/h2-3,7,9,15H,4-6,8,10-14,16H2,1H3,(H,24,28). The number of hydrogen-bond acceptors (Lipinski definition) is 5. The molecule has 160 valence electrons. The second-order valence-corrected chi connectivity index (χ2v) is 8.36. The van der Waals surface area contributed by atoms with E-state index >= 15 is 0 Å². The van der Waals surface area contributed by atoms with Gasteiger partial charge < -0.3 is 19.5 Å². The van der Waals surface area contributed by atoms with Crippen molar-refractivity contribution in [1.29, 1.82) is 0 Å². The molecule has 7 heteroatoms. The van der Waals surface area contributed by atoms with Gasteiger partial charge in [-0.05, 0) is 50.7 Å². The minimum Gasteiger partial charge on any atom is -0.491 e. The molecule has 1 aromatic carbocycles. The molecule has 1 aromatic heterocycles. The molecular weight excluding hydrogens is 382 g/mol. The number of carbonyl (C=O) groups is 2. The Bertz CT molecular complexity index is 909. The number of ether oxygens (including phenoxy) is 1. The second kappa shape index (κ2) is 8.90. The number of hydrogen-bond donors (Lipinski definition) is 1. The molecule has 4 rings (SSSR count). The van der Waals surface area contributed by atoms with Crippen LogP contribution in [0, 0.1) is 12.3 Å². The number of nitrogens with one attached hydrogen (secondary N) is 1. The molecule has 2 amide bonds. The summed E-state index contributed by atoms with van der Waals surface area (Å²) in [6, 6.07) is 9.75. The zero-order valence-corrected chi connectivity index (χ0v) is 17.5. The Morgan fingerprint density at radius 2 is 2.03 bits per heavy atom. The Labute approximate surface area is 176 Å². The fourth-order valence-electron chi connectivity index (χ4n) is 4.57. The van der Waals surface area contributed by atoms with Gasteiger partial charge in [-0.2, -0.15) is 0 Å². The number of aryl methyl sites for hydroxylation is 2. The maximum absolute atomic E-state index is 13.2. The molecule has 7 nitrogen and oxygen atoms in total. The molecule has 1 atom stereocenters. The molecule has 0 aliphatic carbocycles. The Morgan fingerprint density at radius 3 is 2.87 bits per heavy atom. The van der Waals surface area contributed by atoms with Gasteiger partial charge in [-0.25, -0.2) is 0 Å². The molecule has 2 aliphatic heterocycles. The van der Waals surface area contributed by atoms with Crippen molar-refractivity contribution in [3.05, 3.63) is 47.3 Å². The van der Waals surface area contributed by atoms with E-state index in [-0.39, 0.29) is 17.6 Å². The lowest BCUT2D eigenvalue weighted by atomic mass is 9.74. The minimum absolute atomic E-state index is 0.0196. The number of benzene rings is 1. The van der Waals surface area contributed by atoms with Crippen LogP contribution in [0.25, 0.3) is 0 Å². The van der Waals surface area contributed by atoms with E-state index in [1.807, 2.05) is 18.2 Å². The van der Waals surface area contributed by atoms with E-state index in [4.69, 9.17) is 9.26 Å². The molecule has 0 saturated carbocycles. The summed E-state index contributed by atoms with van der Waals surface area (Å²) in [7, 11) is 0. The predicted molar refractivity (Wildman–Crippen MR) is 111 cm³/mol. The number of fused-ring (bicyclic) bond motifs is 1. The SMILES string of the molecule is Cc1cc(C(=O)N2CCCC3(CCCCc4ccccc4OCCNC3=O)C2)on1. The Morgan fingerprint density at radius 1 is 1.20 bits per heavy atom. The van der Waals surface area contributed by atoms with Crippen LogP contribution in [0.15, 0.2) is 34.9 Å². The summed E-state index contributed by atoms with van der Waals surface area (Å²) in [6.45, 7) is 3.71. The Balaban J connectivity index is 1.49. The third-order valence-electron chi connectivity index (χ3n) is 6.15. The van der Waals surface area contributed by atoms with Crippen LogP contribution in [0.3, 0.4) is 0 Å². The average Bonchev–Trinajstić information content (AvgIpc) is 3.20. The van der Waals surface area contributed by atoms with E-state index in [1.165, 1.54) is 5.56 Å². The smallest absolute Gasteiger partial charge is 0.292 e. The Kier molecular flexibility index (Phi) is 6.06. The first-order valence-corrected chi connectivity index (χ1v) is 10.8. The van der Waals surface area contributed by atoms with E-state index in [0.717, 1.165) is 44.3 Å². The lowest BCUT2D eigenvalue weighted by Gasteiger charge is -2.41. The molecule has 0 radical (unpaired) electrons. The van der Waals surface area contributed by atoms with Crippen molar-refractivity contribution >= 4 is 11.8 Å². The van der Waals surface area contributed by atoms with Gasteiger partial charge in [0.25, 0.3) is 5.91 Å². The third kappa shape index (κ3) is 4.35. The number of amides is 2. The number of piperidine rings is 1. The van der Waals surface area contributed by atoms with Gasteiger partial charge in [0.05, 0.1) is 17.7 Å². The maximum Gasteiger partial charge on any atom is 0.292 e. The molecule has 2 aromatic rings. The summed E-state index contributed by atoms with van der Waals surface area (Å²) in [6.07, 6.45) is 5.17. The Hall–Kier alpha value is -2.83. The zero-order chi connectivity index (χ0) is 21.0. The first kappa shape index (κ1) is 20.4. The monoisotopic (exact) mass is 411 g/mol. The molecule has 1 fully saturated rings. The van der Waals surface area contributed by atoms with Crippen molar-refractivity contribution in [3.8, 4) is 5.75 Å². The van der Waals surface area contributed by atoms with Gasteiger partial charge in [0.15, 0.2) is 0 Å². The fraction of sp³-hybridized carbons (Fsp3) is 0.522. The summed E-state index contributed by atoms with van der Waals surface area (Å²) < 4.78 is 11.1. The number of likely N-dealkylation sites (tertiary alicyclic amines) is 1. The number of nitrogens with zero attached hydrogens (tertiary/aromatic N) is 2. The molecular formula is C23H29N3O4. The van der Waals surface area contributed by atoms with Gasteiger partial charge in [0, 0.05) is 19.2 Å². The minimum atomic E-state index is -0.568. The molecule has 1 saturated heterocycles. The van der Waals surface area contributed by atoms with Crippen LogP contribution in [0.1, 0.15) is 53.9 Å². The van der Waals surface area contributed by atoms with Crippen molar-refractivity contribution in [2.24, 2.45) is 5.41 Å². The summed E-state index contributed by atoms with van der Waals surface area (Å²) in [5, 5.41) is 6.88. The molecule has 3 heterocycles. The summed E-state index contributed by atoms with van der Waals surface area (Å²) >= 11 is 0. The summed E-state index contributed by atoms with van der Waals surface area (Å²) in [5.74, 6) is 0.971. The van der Waals surface area contributed by atoms with Gasteiger partial charge in [-0.3, -0.25) is 9.59 Å². The van der Waals surface area contributed by atoms with Crippen LogP contribution in [-0.2, 0) is 11.2 Å². The van der Waals surface area contributed by atoms with Gasteiger partial charge in [-0.15, -0.1) is 0 Å². The van der Waals surface area contributed by atoms with Gasteiger partial charge >= 0.3 is 0 Å². The van der Waals surface area contributed by atoms with E-state index in [2.05, 4.69) is 16.5 Å². The summed E-state index contributed by atoms with van der Waals surface area (Å²) in [4.78, 5) is 27.9. The van der Waals surface area contributed by atoms with Crippen molar-refractivity contribution in [1.82, 2.24) is 15.4 Å². The largest absolute Gasteiger partial charge is 0.491 e. The highest BCUT2D eigenvalue weighted by atomic mass is 16.5. The number of carbonyl (C=O) groups excluding carboxylic acids is 2. The van der Waals surface area contributed by atoms with E-state index in [0.29, 0.717) is 31.9 Å². The topological polar surface area (TPSA) is 84.7 Å². The highest BCUT2D eigenvalue weighted by Crippen LogP contribution is 2.37. The average molecular weight is 412 g/mol. The normalized spacial score (nSPS) is 23.0. The van der Waals surface area contributed by atoms with E-state index in [1.54, 1.807) is 17.9 Å². The zero-order valence-electron chi connectivity index (χ0n) is 17.5. The first-order valence-electron chi connectivity index (χ1n) is 10.8. The molecule has 1 unspecified atom stereocenters. The van der Waals surface area contributed by atoms with E-state index in [9.17, 15) is 9.59 Å². The van der Waals surface area contributed by atoms with Crippen LogP contribution in [-0.4, -0.2) is 48.1 Å². The van der Waals surface area contributed by atoms with Crippen molar-refractivity contribution in [2.75, 3.05) is 26.2 Å². The highest BCUT2D eigenvalue weighted by molar-refractivity contribution is 5.92. The lowest BCUT2D eigenvalue weighted by Crippen LogP contribution is -2.54. The van der Waals surface area contributed by atoms with Gasteiger partial charge in [0.2, 0.25) is 11.7 Å². The van der Waals surface area contributed by atoms with Crippen molar-refractivity contribution in [2.45, 2.75) is 45.4 Å². The number of para-hydroxylation sites is 1. The maximum atomic E-state index is 13.2. The van der Waals surface area contributed by atoms with Gasteiger partial charge in [-0.1, -0.05) is 29.8 Å². The lowest BCUT2D eigenvalue weighted by molar-refractivity contribution is -0.134. The molecule has 30 heavy (non-hydrogen) atoms. The number of rotatable bonds is 1. The molecule has 1 spiro atoms. The molecule has 2 aliphatic rings. The summed E-state index contributed by atoms with van der Waals surface area (Å²) in [5.41, 5.74) is 1.32. The van der Waals surface area contributed by atoms with Crippen molar-refractivity contribution in [3.63, 3.8) is 0 Å². The molecule has 0 bridgehead atoms. The van der Waals surface area contributed by atoms with Crippen LogP contribution in [0.5, 0.6) is 5.75 Å². The van der Waals surface area contributed by atoms with Gasteiger partial charge in [0.1, 0.15) is 12.4 Å². The van der Waals surface area contributed by atoms with Crippen molar-refractivity contribution < 1.29 is 18.8 Å². The molecule has 1 N–H and O–H groups in total. The second-order valence-electron chi connectivity index (χ2n) is 8.36. The van der Waals surface area contributed by atoms with Crippen LogP contribution in [0.2, 0.25) is 0 Å². The highest BCUT2D eigenvalue weighted by Gasteiger charge is 2.43. The fourth-order valence-corrected chi connectivity index (χ4v) is 4.57. The first-order chi connectivity index (χ1) is 14.6. The number of aromatic nitrogens is 1. The van der Waals surface area contributed by atoms with Crippen LogP contribution < -0.4 is 10.1 Å². The predicted octanol–water partition coefficient (Wildman–Crippen LogP) is 3.13. The quantitative estimate of drug-likeness (QED) is 0.779. The van der Waals surface area contributed by atoms with Crippen LogP contribution >= 0.6 is 0 Å². The van der Waals surface area contributed by atoms with E-state index < -0.39 is 5.41 Å².